The van der Waals surface area contributed by atoms with Gasteiger partial charge in [0.25, 0.3) is 0 Å². The predicted octanol–water partition coefficient (Wildman–Crippen LogP) is 1.89. The lowest BCUT2D eigenvalue weighted by Gasteiger charge is -2.23. The van der Waals surface area contributed by atoms with Gasteiger partial charge in [0.2, 0.25) is 0 Å². The van der Waals surface area contributed by atoms with E-state index in [0.29, 0.717) is 5.92 Å². The summed E-state index contributed by atoms with van der Waals surface area (Å²) in [5.74, 6) is 0.545. The van der Waals surface area contributed by atoms with Crippen LogP contribution in [0.1, 0.15) is 34.1 Å². The summed E-state index contributed by atoms with van der Waals surface area (Å²) in [4.78, 5) is 9.85. The van der Waals surface area contributed by atoms with Crippen LogP contribution < -0.4 is 0 Å². The lowest BCUT2D eigenvalue weighted by molar-refractivity contribution is 0.0674. The van der Waals surface area contributed by atoms with E-state index < -0.39 is 0 Å². The maximum atomic E-state index is 9.85. The minimum absolute atomic E-state index is 0.351. The Balaban J connectivity index is 3.73. The van der Waals surface area contributed by atoms with Crippen molar-refractivity contribution in [2.24, 2.45) is 5.92 Å². The van der Waals surface area contributed by atoms with Crippen molar-refractivity contribution in [2.45, 2.75) is 39.7 Å². The first kappa shape index (κ1) is 9.47. The summed E-state index contributed by atoms with van der Waals surface area (Å²) in [5.41, 5.74) is -0.351. The number of ether oxygens (including phenoxy) is 1. The lowest BCUT2D eigenvalue weighted by Crippen LogP contribution is -2.25. The molecule has 0 N–H and O–H groups in total. The third-order valence-electron chi connectivity index (χ3n) is 1.22. The molecule has 10 heavy (non-hydrogen) atoms. The highest BCUT2D eigenvalue weighted by Gasteiger charge is 2.20. The van der Waals surface area contributed by atoms with Crippen molar-refractivity contribution in [1.82, 2.24) is 0 Å². The van der Waals surface area contributed by atoms with E-state index in [9.17, 15) is 4.79 Å². The van der Waals surface area contributed by atoms with Gasteiger partial charge in [0.1, 0.15) is 5.60 Å². The fraction of sp³-hybridized carbons (Fsp3) is 0.875. The van der Waals surface area contributed by atoms with Gasteiger partial charge in [-0.1, -0.05) is 13.8 Å². The van der Waals surface area contributed by atoms with Gasteiger partial charge >= 0.3 is 6.47 Å². The van der Waals surface area contributed by atoms with E-state index >= 15 is 0 Å². The molecule has 0 fully saturated rings. The molecule has 0 bridgehead atoms. The molecule has 0 aliphatic carbocycles. The zero-order valence-corrected chi connectivity index (χ0v) is 7.10. The monoisotopic (exact) mass is 143 g/mol. The molecule has 0 saturated carbocycles. The van der Waals surface area contributed by atoms with E-state index in [1.165, 1.54) is 6.47 Å². The Labute approximate surface area is 62.6 Å². The highest BCUT2D eigenvalue weighted by atomic mass is 16.5. The largest absolute Gasteiger partial charge is 0.451 e. The predicted molar refractivity (Wildman–Crippen MR) is 40.3 cm³/mol. The molecule has 0 amide bonds. The Kier molecular flexibility index (Phi) is 3.40. The standard InChI is InChI=1S/C8H15O2/c1-7(2)5-8(3,4)10-6-9/h7H,5H2,1-4H3. The number of hydrogen-bond donors (Lipinski definition) is 0. The molecule has 2 heteroatoms. The Morgan fingerprint density at radius 1 is 1.50 bits per heavy atom. The van der Waals surface area contributed by atoms with Gasteiger partial charge in [0, 0.05) is 0 Å². The molecular formula is C8H15O2. The second-order valence-corrected chi connectivity index (χ2v) is 3.54. The van der Waals surface area contributed by atoms with Crippen molar-refractivity contribution in [2.75, 3.05) is 0 Å². The third-order valence-corrected chi connectivity index (χ3v) is 1.22. The molecule has 2 nitrogen and oxygen atoms in total. The number of hydrogen-bond acceptors (Lipinski definition) is 2. The van der Waals surface area contributed by atoms with E-state index in [1.54, 1.807) is 0 Å². The SMILES string of the molecule is CC(C)CC(C)(C)O[C]=O. The van der Waals surface area contributed by atoms with Crippen LogP contribution in [0.25, 0.3) is 0 Å². The van der Waals surface area contributed by atoms with Gasteiger partial charge in [-0.05, 0) is 26.2 Å². The molecule has 0 aromatic carbocycles. The lowest BCUT2D eigenvalue weighted by atomic mass is 9.96. The maximum absolute atomic E-state index is 9.85. The van der Waals surface area contributed by atoms with Crippen molar-refractivity contribution in [3.8, 4) is 0 Å². The molecule has 0 unspecified atom stereocenters. The van der Waals surface area contributed by atoms with Gasteiger partial charge in [0.15, 0.2) is 0 Å². The first-order valence-corrected chi connectivity index (χ1v) is 3.53. The summed E-state index contributed by atoms with van der Waals surface area (Å²) >= 11 is 0. The molecule has 0 aliphatic heterocycles. The highest BCUT2D eigenvalue weighted by molar-refractivity contribution is 5.39. The molecule has 59 valence electrons. The average Bonchev–Trinajstić information content (AvgIpc) is 1.59. The minimum atomic E-state index is -0.351. The summed E-state index contributed by atoms with van der Waals surface area (Å²) < 4.78 is 4.73. The van der Waals surface area contributed by atoms with Crippen molar-refractivity contribution in [1.29, 1.82) is 0 Å². The molecule has 0 rings (SSSR count). The Morgan fingerprint density at radius 2 is 2.00 bits per heavy atom. The summed E-state index contributed by atoms with van der Waals surface area (Å²) in [7, 11) is 0. The van der Waals surface area contributed by atoms with Crippen molar-refractivity contribution >= 4 is 6.47 Å². The van der Waals surface area contributed by atoms with Crippen LogP contribution in [0.4, 0.5) is 0 Å². The fourth-order valence-electron chi connectivity index (χ4n) is 1.14. The zero-order valence-electron chi connectivity index (χ0n) is 7.10. The smallest absolute Gasteiger partial charge is 0.418 e. The molecule has 0 aliphatic rings. The normalized spacial score (nSPS) is 11.7. The molecule has 0 heterocycles. The molecular weight excluding hydrogens is 128 g/mol. The first-order chi connectivity index (χ1) is 4.48. The fourth-order valence-corrected chi connectivity index (χ4v) is 1.14. The van der Waals surface area contributed by atoms with Crippen LogP contribution in [-0.2, 0) is 9.53 Å². The van der Waals surface area contributed by atoms with E-state index in [4.69, 9.17) is 4.74 Å². The van der Waals surface area contributed by atoms with Gasteiger partial charge in [0.05, 0.1) is 0 Å². The quantitative estimate of drug-likeness (QED) is 0.600. The molecule has 0 aromatic rings. The van der Waals surface area contributed by atoms with Crippen molar-refractivity contribution in [3.63, 3.8) is 0 Å². The third kappa shape index (κ3) is 4.36. The van der Waals surface area contributed by atoms with Crippen LogP contribution in [0.15, 0.2) is 0 Å². The summed E-state index contributed by atoms with van der Waals surface area (Å²) in [5, 5.41) is 0. The molecule has 0 atom stereocenters. The second kappa shape index (κ2) is 3.59. The van der Waals surface area contributed by atoms with Crippen LogP contribution >= 0.6 is 0 Å². The average molecular weight is 143 g/mol. The highest BCUT2D eigenvalue weighted by Crippen LogP contribution is 2.18. The van der Waals surface area contributed by atoms with Crippen LogP contribution in [0.5, 0.6) is 0 Å². The van der Waals surface area contributed by atoms with Crippen molar-refractivity contribution in [3.05, 3.63) is 0 Å². The van der Waals surface area contributed by atoms with Crippen LogP contribution in [-0.4, -0.2) is 12.1 Å². The van der Waals surface area contributed by atoms with Crippen LogP contribution in [0.3, 0.4) is 0 Å². The van der Waals surface area contributed by atoms with Gasteiger partial charge in [-0.25, -0.2) is 4.79 Å². The maximum Gasteiger partial charge on any atom is 0.418 e. The number of rotatable bonds is 4. The Morgan fingerprint density at radius 3 is 2.30 bits per heavy atom. The molecule has 0 saturated heterocycles. The van der Waals surface area contributed by atoms with Gasteiger partial charge < -0.3 is 4.74 Å². The molecule has 0 aromatic heterocycles. The second-order valence-electron chi connectivity index (χ2n) is 3.54. The minimum Gasteiger partial charge on any atom is -0.451 e. The molecule has 0 spiro atoms. The van der Waals surface area contributed by atoms with E-state index in [2.05, 4.69) is 13.8 Å². The summed E-state index contributed by atoms with van der Waals surface area (Å²) in [6.45, 7) is 9.42. The number of carbonyl (C=O) groups excluding carboxylic acids is 1. The van der Waals surface area contributed by atoms with Gasteiger partial charge in [-0.15, -0.1) is 0 Å². The Hall–Kier alpha value is -0.530. The van der Waals surface area contributed by atoms with Gasteiger partial charge in [-0.2, -0.15) is 0 Å². The van der Waals surface area contributed by atoms with E-state index in [0.717, 1.165) is 6.42 Å². The van der Waals surface area contributed by atoms with Crippen LogP contribution in [0.2, 0.25) is 0 Å². The first-order valence-electron chi connectivity index (χ1n) is 3.53. The summed E-state index contributed by atoms with van der Waals surface area (Å²) in [6, 6.07) is 0. The molecule has 1 radical (unpaired) electrons. The van der Waals surface area contributed by atoms with Gasteiger partial charge in [-0.3, -0.25) is 0 Å². The Bertz CT molecular complexity index is 106. The van der Waals surface area contributed by atoms with E-state index in [-0.39, 0.29) is 5.60 Å². The summed E-state index contributed by atoms with van der Waals surface area (Å²) in [6.07, 6.45) is 0.877. The van der Waals surface area contributed by atoms with E-state index in [1.807, 2.05) is 13.8 Å². The van der Waals surface area contributed by atoms with Crippen molar-refractivity contribution < 1.29 is 9.53 Å². The zero-order chi connectivity index (χ0) is 8.20. The van der Waals surface area contributed by atoms with Crippen LogP contribution in [0, 0.1) is 5.92 Å². The topological polar surface area (TPSA) is 26.3 Å².